The first kappa shape index (κ1) is 24.5. The highest BCUT2D eigenvalue weighted by Gasteiger charge is 2.20. The lowest BCUT2D eigenvalue weighted by molar-refractivity contribution is -0.111. The van der Waals surface area contributed by atoms with Gasteiger partial charge in [0.1, 0.15) is 24.0 Å². The third kappa shape index (κ3) is 6.28. The molecule has 0 unspecified atom stereocenters. The number of benzene rings is 2. The van der Waals surface area contributed by atoms with Gasteiger partial charge in [0.2, 0.25) is 5.91 Å². The molecule has 0 aliphatic carbocycles. The van der Waals surface area contributed by atoms with Crippen LogP contribution in [0.25, 0.3) is 10.9 Å². The number of fused-ring (bicyclic) bond motifs is 1. The summed E-state index contributed by atoms with van der Waals surface area (Å²) in [5.74, 6) is 3.37. The van der Waals surface area contributed by atoms with Crippen LogP contribution in [0.3, 0.4) is 0 Å². The van der Waals surface area contributed by atoms with E-state index in [-0.39, 0.29) is 12.0 Å². The second kappa shape index (κ2) is 11.7. The van der Waals surface area contributed by atoms with Crippen LogP contribution in [0, 0.1) is 12.3 Å². The number of likely N-dealkylation sites (N-methyl/N-ethyl adjacent to an activating group) is 1. The largest absolute Gasteiger partial charge is 0.486 e. The van der Waals surface area contributed by atoms with Crippen molar-refractivity contribution in [1.82, 2.24) is 15.3 Å². The summed E-state index contributed by atoms with van der Waals surface area (Å²) in [6.45, 7) is 4.57. The van der Waals surface area contributed by atoms with Crippen molar-refractivity contribution in [2.75, 3.05) is 36.9 Å². The normalized spacial score (nSPS) is 15.3. The summed E-state index contributed by atoms with van der Waals surface area (Å²) in [4.78, 5) is 21.4. The summed E-state index contributed by atoms with van der Waals surface area (Å²) in [7, 11) is 0. The SMILES string of the molecule is C#Cc1cc(Nc2ncnc3cc(O[C@H]4CCOC4)c(NC(=O)/C=C/CNCC)cc23)ccc1Cl. The molecular weight excluding hydrogens is 466 g/mol. The van der Waals surface area contributed by atoms with Gasteiger partial charge in [-0.3, -0.25) is 4.79 Å². The highest BCUT2D eigenvalue weighted by molar-refractivity contribution is 6.31. The molecule has 3 N–H and O–H groups in total. The van der Waals surface area contributed by atoms with Crippen molar-refractivity contribution in [2.45, 2.75) is 19.4 Å². The minimum absolute atomic E-state index is 0.0944. The molecule has 0 radical (unpaired) electrons. The van der Waals surface area contributed by atoms with Crippen molar-refractivity contribution < 1.29 is 14.3 Å². The first-order chi connectivity index (χ1) is 17.1. The van der Waals surface area contributed by atoms with Crippen LogP contribution < -0.4 is 20.7 Å². The molecule has 1 aliphatic heterocycles. The van der Waals surface area contributed by atoms with Gasteiger partial charge >= 0.3 is 0 Å². The molecule has 1 fully saturated rings. The number of nitrogens with zero attached hydrogens (tertiary/aromatic N) is 2. The summed E-state index contributed by atoms with van der Waals surface area (Å²) >= 11 is 6.14. The number of carbonyl (C=O) groups is 1. The molecule has 35 heavy (non-hydrogen) atoms. The lowest BCUT2D eigenvalue weighted by atomic mass is 10.1. The van der Waals surface area contributed by atoms with Crippen LogP contribution >= 0.6 is 11.6 Å². The van der Waals surface area contributed by atoms with Crippen molar-refractivity contribution in [3.63, 3.8) is 0 Å². The minimum Gasteiger partial charge on any atom is -0.486 e. The summed E-state index contributed by atoms with van der Waals surface area (Å²) in [5.41, 5.74) is 2.47. The average Bonchev–Trinajstić information content (AvgIpc) is 3.37. The highest BCUT2D eigenvalue weighted by atomic mass is 35.5. The summed E-state index contributed by atoms with van der Waals surface area (Å²) in [6, 6.07) is 8.91. The second-order valence-electron chi connectivity index (χ2n) is 7.85. The fourth-order valence-electron chi connectivity index (χ4n) is 3.58. The van der Waals surface area contributed by atoms with Crippen LogP contribution in [0.1, 0.15) is 18.9 Å². The summed E-state index contributed by atoms with van der Waals surface area (Å²) in [6.07, 6.45) is 11.0. The van der Waals surface area contributed by atoms with Crippen molar-refractivity contribution in [3.8, 4) is 18.1 Å². The number of halogens is 1. The molecule has 0 bridgehead atoms. The third-order valence-electron chi connectivity index (χ3n) is 5.34. The van der Waals surface area contributed by atoms with Crippen LogP contribution in [0.4, 0.5) is 17.2 Å². The van der Waals surface area contributed by atoms with Gasteiger partial charge in [0.25, 0.3) is 0 Å². The number of rotatable bonds is 9. The molecule has 4 rings (SSSR count). The number of hydrogen-bond acceptors (Lipinski definition) is 7. The van der Waals surface area contributed by atoms with Gasteiger partial charge < -0.3 is 25.4 Å². The molecule has 2 aromatic carbocycles. The molecular formula is C26H26ClN5O3. The Balaban J connectivity index is 1.68. The van der Waals surface area contributed by atoms with E-state index >= 15 is 0 Å². The molecule has 1 amide bonds. The monoisotopic (exact) mass is 491 g/mol. The van der Waals surface area contributed by atoms with E-state index < -0.39 is 0 Å². The van der Waals surface area contributed by atoms with Crippen LogP contribution in [-0.2, 0) is 9.53 Å². The lowest BCUT2D eigenvalue weighted by Gasteiger charge is -2.17. The van der Waals surface area contributed by atoms with Gasteiger partial charge in [0.15, 0.2) is 0 Å². The van der Waals surface area contributed by atoms with Crippen molar-refractivity contribution >= 4 is 45.6 Å². The molecule has 3 aromatic rings. The summed E-state index contributed by atoms with van der Waals surface area (Å²) < 4.78 is 11.6. The number of anilines is 3. The smallest absolute Gasteiger partial charge is 0.248 e. The molecule has 1 atom stereocenters. The number of amides is 1. The van der Waals surface area contributed by atoms with E-state index in [1.54, 1.807) is 30.3 Å². The zero-order chi connectivity index (χ0) is 24.6. The standard InChI is InChI=1S/C26H26ClN5O3/c1-3-17-12-18(7-8-21(17)27)31-26-20-13-23(32-25(33)6-5-10-28-4-2)24(14-22(20)29-16-30-26)35-19-9-11-34-15-19/h1,5-8,12-14,16,19,28H,4,9-11,15H2,2H3,(H,32,33)(H,29,30,31)/b6-5+/t19-/m0/s1. The number of nitrogens with one attached hydrogen (secondary N) is 3. The van der Waals surface area contributed by atoms with Crippen LogP contribution in [0.5, 0.6) is 5.75 Å². The van der Waals surface area contributed by atoms with Crippen molar-refractivity contribution in [1.29, 1.82) is 0 Å². The van der Waals surface area contributed by atoms with E-state index in [2.05, 4.69) is 31.8 Å². The Morgan fingerprint density at radius 1 is 1.34 bits per heavy atom. The van der Waals surface area contributed by atoms with E-state index in [9.17, 15) is 4.79 Å². The van der Waals surface area contributed by atoms with E-state index in [1.165, 1.54) is 12.4 Å². The molecule has 0 spiro atoms. The Bertz CT molecular complexity index is 1280. The number of hydrogen-bond donors (Lipinski definition) is 3. The van der Waals surface area contributed by atoms with Gasteiger partial charge in [-0.15, -0.1) is 6.42 Å². The zero-order valence-corrected chi connectivity index (χ0v) is 20.1. The molecule has 9 heteroatoms. The van der Waals surface area contributed by atoms with Gasteiger partial charge in [-0.25, -0.2) is 9.97 Å². The van der Waals surface area contributed by atoms with Crippen LogP contribution in [0.15, 0.2) is 48.8 Å². The first-order valence-corrected chi connectivity index (χ1v) is 11.7. The first-order valence-electron chi connectivity index (χ1n) is 11.3. The molecule has 1 aromatic heterocycles. The van der Waals surface area contributed by atoms with E-state index in [0.717, 1.165) is 18.7 Å². The lowest BCUT2D eigenvalue weighted by Crippen LogP contribution is -2.18. The van der Waals surface area contributed by atoms with Gasteiger partial charge in [-0.2, -0.15) is 0 Å². The molecule has 1 aliphatic rings. The fraction of sp³-hybridized carbons (Fsp3) is 0.269. The molecule has 8 nitrogen and oxygen atoms in total. The third-order valence-corrected chi connectivity index (χ3v) is 5.67. The number of aromatic nitrogens is 2. The van der Waals surface area contributed by atoms with E-state index in [0.29, 0.717) is 58.5 Å². The quantitative estimate of drug-likeness (QED) is 0.233. The van der Waals surface area contributed by atoms with Crippen molar-refractivity contribution in [2.24, 2.45) is 0 Å². The Labute approximate surface area is 209 Å². The molecule has 0 saturated carbocycles. The predicted molar refractivity (Wildman–Crippen MR) is 138 cm³/mol. The average molecular weight is 492 g/mol. The number of terminal acetylenes is 1. The maximum absolute atomic E-state index is 12.6. The molecule has 2 heterocycles. The van der Waals surface area contributed by atoms with Gasteiger partial charge in [0.05, 0.1) is 29.4 Å². The van der Waals surface area contributed by atoms with Gasteiger partial charge in [-0.1, -0.05) is 30.5 Å². The maximum atomic E-state index is 12.6. The molecule has 180 valence electrons. The zero-order valence-electron chi connectivity index (χ0n) is 19.3. The van der Waals surface area contributed by atoms with Gasteiger partial charge in [0, 0.05) is 41.7 Å². The topological polar surface area (TPSA) is 97.4 Å². The number of carbonyl (C=O) groups excluding carboxylic acids is 1. The Kier molecular flexibility index (Phi) is 8.16. The Morgan fingerprint density at radius 3 is 3.00 bits per heavy atom. The fourth-order valence-corrected chi connectivity index (χ4v) is 3.75. The Morgan fingerprint density at radius 2 is 2.23 bits per heavy atom. The highest BCUT2D eigenvalue weighted by Crippen LogP contribution is 2.35. The van der Waals surface area contributed by atoms with E-state index in [4.69, 9.17) is 27.5 Å². The Hall–Kier alpha value is -3.64. The van der Waals surface area contributed by atoms with Gasteiger partial charge in [-0.05, 0) is 30.8 Å². The maximum Gasteiger partial charge on any atom is 0.248 e. The van der Waals surface area contributed by atoms with Crippen molar-refractivity contribution in [3.05, 3.63) is 59.4 Å². The minimum atomic E-state index is -0.266. The van der Waals surface area contributed by atoms with Crippen LogP contribution in [-0.4, -0.2) is 48.3 Å². The second-order valence-corrected chi connectivity index (χ2v) is 8.26. The van der Waals surface area contributed by atoms with E-state index in [1.807, 2.05) is 13.0 Å². The number of ether oxygens (including phenoxy) is 2. The molecule has 1 saturated heterocycles. The predicted octanol–water partition coefficient (Wildman–Crippen LogP) is 4.28. The van der Waals surface area contributed by atoms with Crippen LogP contribution in [0.2, 0.25) is 5.02 Å². The summed E-state index contributed by atoms with van der Waals surface area (Å²) in [5, 5.41) is 10.5.